The van der Waals surface area contributed by atoms with Crippen LogP contribution in [0.1, 0.15) is 16.2 Å². The topological polar surface area (TPSA) is 82.1 Å². The average molecular weight is 220 g/mol. The van der Waals surface area contributed by atoms with E-state index in [1.165, 1.54) is 12.3 Å². The summed E-state index contributed by atoms with van der Waals surface area (Å²) in [5.74, 6) is -0.215. The van der Waals surface area contributed by atoms with Crippen LogP contribution in [0.25, 0.3) is 11.2 Å². The summed E-state index contributed by atoms with van der Waals surface area (Å²) >= 11 is 0. The van der Waals surface area contributed by atoms with Crippen molar-refractivity contribution in [1.82, 2.24) is 19.9 Å². The van der Waals surface area contributed by atoms with E-state index >= 15 is 0 Å². The molecular weight excluding hydrogens is 208 g/mol. The van der Waals surface area contributed by atoms with Crippen molar-refractivity contribution in [2.75, 3.05) is 14.1 Å². The van der Waals surface area contributed by atoms with Crippen LogP contribution in [0.2, 0.25) is 0 Å². The van der Waals surface area contributed by atoms with Gasteiger partial charge in [0.1, 0.15) is 5.82 Å². The zero-order chi connectivity index (χ0) is 11.7. The number of hydrogen-bond acceptors (Lipinski definition) is 4. The number of carbonyl (C=O) groups is 1. The quantitative estimate of drug-likeness (QED) is 0.796. The Balaban J connectivity index is 2.42. The Bertz CT molecular complexity index is 533. The van der Waals surface area contributed by atoms with Gasteiger partial charge in [-0.2, -0.15) is 0 Å². The fourth-order valence-electron chi connectivity index (χ4n) is 1.44. The Labute approximate surface area is 91.9 Å². The number of aromatic amines is 1. The van der Waals surface area contributed by atoms with Crippen LogP contribution in [-0.4, -0.2) is 45.0 Å². The number of fused-ring (bicyclic) bond motifs is 1. The Morgan fingerprint density at radius 1 is 1.56 bits per heavy atom. The van der Waals surface area contributed by atoms with Gasteiger partial charge in [0.25, 0.3) is 0 Å². The Hall–Kier alpha value is -1.95. The molecule has 0 spiro atoms. The van der Waals surface area contributed by atoms with E-state index in [-0.39, 0.29) is 5.56 Å². The highest BCUT2D eigenvalue weighted by molar-refractivity contribution is 5.90. The van der Waals surface area contributed by atoms with Crippen LogP contribution in [0.15, 0.2) is 12.3 Å². The van der Waals surface area contributed by atoms with E-state index < -0.39 is 5.97 Å². The maximum atomic E-state index is 10.7. The van der Waals surface area contributed by atoms with Crippen molar-refractivity contribution >= 4 is 17.1 Å². The molecule has 2 heterocycles. The minimum atomic E-state index is -0.988. The summed E-state index contributed by atoms with van der Waals surface area (Å²) in [6.07, 6.45) is 1.31. The number of pyridine rings is 1. The van der Waals surface area contributed by atoms with Gasteiger partial charge in [0.2, 0.25) is 0 Å². The van der Waals surface area contributed by atoms with Gasteiger partial charge in [0.05, 0.1) is 17.6 Å². The van der Waals surface area contributed by atoms with E-state index in [0.717, 1.165) is 5.82 Å². The molecule has 0 radical (unpaired) electrons. The summed E-state index contributed by atoms with van der Waals surface area (Å²) < 4.78 is 0. The lowest BCUT2D eigenvalue weighted by Crippen LogP contribution is -2.11. The van der Waals surface area contributed by atoms with Crippen LogP contribution in [-0.2, 0) is 6.54 Å². The number of carboxylic acid groups (broad SMARTS) is 1. The van der Waals surface area contributed by atoms with Crippen molar-refractivity contribution in [3.05, 3.63) is 23.7 Å². The SMILES string of the molecule is CN(C)Cc1nc2ncc(C(=O)O)cc2[nH]1. The maximum absolute atomic E-state index is 10.7. The number of aromatic nitrogens is 3. The van der Waals surface area contributed by atoms with Gasteiger partial charge in [-0.25, -0.2) is 14.8 Å². The zero-order valence-corrected chi connectivity index (χ0v) is 9.06. The van der Waals surface area contributed by atoms with E-state index in [4.69, 9.17) is 5.11 Å². The number of hydrogen-bond donors (Lipinski definition) is 2. The Morgan fingerprint density at radius 3 is 2.94 bits per heavy atom. The number of nitrogens with zero attached hydrogens (tertiary/aromatic N) is 3. The number of nitrogens with one attached hydrogen (secondary N) is 1. The van der Waals surface area contributed by atoms with E-state index in [9.17, 15) is 4.79 Å². The van der Waals surface area contributed by atoms with E-state index in [1.807, 2.05) is 19.0 Å². The smallest absolute Gasteiger partial charge is 0.337 e. The van der Waals surface area contributed by atoms with Gasteiger partial charge < -0.3 is 15.0 Å². The summed E-state index contributed by atoms with van der Waals surface area (Å²) in [6, 6.07) is 1.54. The van der Waals surface area contributed by atoms with Gasteiger partial charge in [-0.05, 0) is 20.2 Å². The molecule has 0 fully saturated rings. The highest BCUT2D eigenvalue weighted by Gasteiger charge is 2.08. The molecule has 0 aromatic carbocycles. The van der Waals surface area contributed by atoms with Gasteiger partial charge >= 0.3 is 5.97 Å². The van der Waals surface area contributed by atoms with Crippen LogP contribution < -0.4 is 0 Å². The van der Waals surface area contributed by atoms with Crippen LogP contribution in [0.4, 0.5) is 0 Å². The Morgan fingerprint density at radius 2 is 2.31 bits per heavy atom. The van der Waals surface area contributed by atoms with Crippen molar-refractivity contribution in [3.63, 3.8) is 0 Å². The predicted octanol–water partition coefficient (Wildman–Crippen LogP) is 0.718. The standard InChI is InChI=1S/C10H12N4O2/c1-14(2)5-8-12-7-3-6(10(15)16)4-11-9(7)13-8/h3-4H,5H2,1-2H3,(H,15,16)(H,11,12,13). The minimum absolute atomic E-state index is 0.160. The normalized spacial score (nSPS) is 11.2. The zero-order valence-electron chi connectivity index (χ0n) is 9.06. The van der Waals surface area contributed by atoms with Crippen LogP contribution in [0.5, 0.6) is 0 Å². The molecule has 0 aliphatic rings. The minimum Gasteiger partial charge on any atom is -0.478 e. The molecule has 6 heteroatoms. The molecule has 0 bridgehead atoms. The summed E-state index contributed by atoms with van der Waals surface area (Å²) in [5, 5.41) is 8.81. The molecule has 0 aliphatic heterocycles. The van der Waals surface area contributed by atoms with Gasteiger partial charge in [-0.3, -0.25) is 0 Å². The van der Waals surface area contributed by atoms with Crippen molar-refractivity contribution in [2.45, 2.75) is 6.54 Å². The highest BCUT2D eigenvalue weighted by atomic mass is 16.4. The molecule has 0 atom stereocenters. The fourth-order valence-corrected chi connectivity index (χ4v) is 1.44. The van der Waals surface area contributed by atoms with E-state index in [1.54, 1.807) is 0 Å². The number of rotatable bonds is 3. The Kier molecular flexibility index (Phi) is 2.57. The first-order chi connectivity index (χ1) is 7.56. The van der Waals surface area contributed by atoms with E-state index in [2.05, 4.69) is 15.0 Å². The van der Waals surface area contributed by atoms with Crippen molar-refractivity contribution < 1.29 is 9.90 Å². The summed E-state index contributed by atoms with van der Waals surface area (Å²) in [4.78, 5) is 24.0. The number of carboxylic acids is 1. The average Bonchev–Trinajstić information content (AvgIpc) is 2.56. The monoisotopic (exact) mass is 220 g/mol. The van der Waals surface area contributed by atoms with Gasteiger partial charge in [0.15, 0.2) is 5.65 Å². The first-order valence-electron chi connectivity index (χ1n) is 4.79. The molecular formula is C10H12N4O2. The van der Waals surface area contributed by atoms with E-state index in [0.29, 0.717) is 17.7 Å². The second-order valence-electron chi connectivity index (χ2n) is 3.82. The second kappa shape index (κ2) is 3.90. The molecule has 0 saturated carbocycles. The maximum Gasteiger partial charge on any atom is 0.337 e. The fraction of sp³-hybridized carbons (Fsp3) is 0.300. The molecule has 6 nitrogen and oxygen atoms in total. The molecule has 2 aromatic rings. The van der Waals surface area contributed by atoms with Gasteiger partial charge in [0, 0.05) is 6.20 Å². The molecule has 2 aromatic heterocycles. The number of imidazole rings is 1. The molecule has 0 aliphatic carbocycles. The molecule has 0 saturated heterocycles. The molecule has 2 N–H and O–H groups in total. The highest BCUT2D eigenvalue weighted by Crippen LogP contribution is 2.11. The van der Waals surface area contributed by atoms with Crippen molar-refractivity contribution in [3.8, 4) is 0 Å². The lowest BCUT2D eigenvalue weighted by molar-refractivity contribution is 0.0696. The van der Waals surface area contributed by atoms with Crippen LogP contribution >= 0.6 is 0 Å². The molecule has 2 rings (SSSR count). The van der Waals surface area contributed by atoms with Crippen LogP contribution in [0.3, 0.4) is 0 Å². The predicted molar refractivity (Wildman–Crippen MR) is 58.2 cm³/mol. The van der Waals surface area contributed by atoms with Crippen LogP contribution in [0, 0.1) is 0 Å². The second-order valence-corrected chi connectivity index (χ2v) is 3.82. The third kappa shape index (κ3) is 2.01. The molecule has 0 unspecified atom stereocenters. The molecule has 0 amide bonds. The first-order valence-corrected chi connectivity index (χ1v) is 4.79. The first kappa shape index (κ1) is 10.6. The largest absolute Gasteiger partial charge is 0.478 e. The molecule has 84 valence electrons. The third-order valence-electron chi connectivity index (χ3n) is 2.10. The van der Waals surface area contributed by atoms with Gasteiger partial charge in [-0.15, -0.1) is 0 Å². The lowest BCUT2D eigenvalue weighted by atomic mass is 10.3. The lowest BCUT2D eigenvalue weighted by Gasteiger charge is -2.04. The van der Waals surface area contributed by atoms with Crippen molar-refractivity contribution in [2.24, 2.45) is 0 Å². The van der Waals surface area contributed by atoms with Crippen molar-refractivity contribution in [1.29, 1.82) is 0 Å². The summed E-state index contributed by atoms with van der Waals surface area (Å²) in [6.45, 7) is 0.665. The number of aromatic carboxylic acids is 1. The number of H-pyrrole nitrogens is 1. The summed E-state index contributed by atoms with van der Waals surface area (Å²) in [5.41, 5.74) is 1.35. The van der Waals surface area contributed by atoms with Gasteiger partial charge in [-0.1, -0.05) is 0 Å². The summed E-state index contributed by atoms with van der Waals surface area (Å²) in [7, 11) is 3.87. The molecule has 16 heavy (non-hydrogen) atoms. The third-order valence-corrected chi connectivity index (χ3v) is 2.10.